The molecule has 4 rings (SSSR count). The number of rotatable bonds is 3. The van der Waals surface area contributed by atoms with Crippen molar-refractivity contribution in [1.82, 2.24) is 14.5 Å². The lowest BCUT2D eigenvalue weighted by atomic mass is 9.85. The lowest BCUT2D eigenvalue weighted by molar-refractivity contribution is 0.0988. The number of carbonyl (C=O) groups excluding carboxylic acids is 1. The molecule has 3 heterocycles. The summed E-state index contributed by atoms with van der Waals surface area (Å²) in [5.41, 5.74) is 2.10. The smallest absolute Gasteiger partial charge is 0.261 e. The summed E-state index contributed by atoms with van der Waals surface area (Å²) in [5, 5.41) is 0.612. The van der Waals surface area contributed by atoms with E-state index >= 15 is 0 Å². The summed E-state index contributed by atoms with van der Waals surface area (Å²) in [6.07, 6.45) is 3.68. The second-order valence-corrected chi connectivity index (χ2v) is 7.75. The molecule has 0 aliphatic carbocycles. The highest BCUT2D eigenvalue weighted by Crippen LogP contribution is 2.29. The highest BCUT2D eigenvalue weighted by atomic mass is 16.1. The van der Waals surface area contributed by atoms with Crippen molar-refractivity contribution in [3.8, 4) is 0 Å². The Kier molecular flexibility index (Phi) is 3.94. The van der Waals surface area contributed by atoms with Crippen LogP contribution in [0.1, 0.15) is 42.1 Å². The van der Waals surface area contributed by atoms with Crippen LogP contribution in [0, 0.1) is 5.41 Å². The minimum absolute atomic E-state index is 0.0142. The fourth-order valence-electron chi connectivity index (χ4n) is 3.54. The van der Waals surface area contributed by atoms with Crippen molar-refractivity contribution >= 4 is 16.7 Å². The maximum Gasteiger partial charge on any atom is 0.261 e. The number of carbonyl (C=O) groups is 1. The van der Waals surface area contributed by atoms with E-state index in [1.807, 2.05) is 16.7 Å². The molecule has 0 N–H and O–H groups in total. The zero-order chi connectivity index (χ0) is 18.3. The van der Waals surface area contributed by atoms with Gasteiger partial charge >= 0.3 is 0 Å². The SMILES string of the molecule is CC1(C)CCc2nc3cc(CC(=O)c4ccccn4)ccc3c(=O)n2C1. The average Bonchev–Trinajstić information content (AvgIpc) is 2.63. The molecular weight excluding hydrogens is 326 g/mol. The molecule has 0 amide bonds. The van der Waals surface area contributed by atoms with Gasteiger partial charge in [0.05, 0.1) is 10.9 Å². The third-order valence-corrected chi connectivity index (χ3v) is 5.03. The van der Waals surface area contributed by atoms with E-state index in [2.05, 4.69) is 18.8 Å². The Balaban J connectivity index is 1.70. The van der Waals surface area contributed by atoms with Gasteiger partial charge < -0.3 is 0 Å². The van der Waals surface area contributed by atoms with Crippen molar-refractivity contribution in [1.29, 1.82) is 0 Å². The number of hydrogen-bond acceptors (Lipinski definition) is 4. The standard InChI is InChI=1S/C21H21N3O2/c1-21(2)9-8-19-23-17-11-14(6-7-15(17)20(26)24(19)13-21)12-18(25)16-5-3-4-10-22-16/h3-7,10-11H,8-9,12-13H2,1-2H3. The van der Waals surface area contributed by atoms with Crippen LogP contribution in [0.5, 0.6) is 0 Å². The number of nitrogens with zero attached hydrogens (tertiary/aromatic N) is 3. The molecule has 0 spiro atoms. The van der Waals surface area contributed by atoms with Crippen molar-refractivity contribution < 1.29 is 4.79 Å². The van der Waals surface area contributed by atoms with Crippen LogP contribution in [0.15, 0.2) is 47.4 Å². The van der Waals surface area contributed by atoms with Gasteiger partial charge in [-0.2, -0.15) is 0 Å². The summed E-state index contributed by atoms with van der Waals surface area (Å²) < 4.78 is 1.81. The Morgan fingerprint density at radius 3 is 2.85 bits per heavy atom. The topological polar surface area (TPSA) is 64.8 Å². The Labute approximate surface area is 151 Å². The zero-order valence-electron chi connectivity index (χ0n) is 15.0. The van der Waals surface area contributed by atoms with Gasteiger partial charge in [-0.25, -0.2) is 4.98 Å². The number of ketones is 1. The summed E-state index contributed by atoms with van der Waals surface area (Å²) in [7, 11) is 0. The second kappa shape index (κ2) is 6.16. The summed E-state index contributed by atoms with van der Waals surface area (Å²) >= 11 is 0. The van der Waals surface area contributed by atoms with Crippen molar-refractivity contribution in [2.24, 2.45) is 5.41 Å². The van der Waals surface area contributed by atoms with Crippen LogP contribution in [0.2, 0.25) is 0 Å². The Morgan fingerprint density at radius 1 is 1.23 bits per heavy atom. The monoisotopic (exact) mass is 347 g/mol. The van der Waals surface area contributed by atoms with Gasteiger partial charge in [0.25, 0.3) is 5.56 Å². The van der Waals surface area contributed by atoms with Crippen molar-refractivity contribution in [2.45, 2.75) is 39.7 Å². The lowest BCUT2D eigenvalue weighted by Gasteiger charge is -2.31. The molecule has 2 aromatic heterocycles. The van der Waals surface area contributed by atoms with Crippen LogP contribution >= 0.6 is 0 Å². The minimum Gasteiger partial charge on any atom is -0.296 e. The first kappa shape index (κ1) is 16.6. The molecule has 1 aliphatic rings. The van der Waals surface area contributed by atoms with Crippen LogP contribution < -0.4 is 5.56 Å². The van der Waals surface area contributed by atoms with Gasteiger partial charge in [0.2, 0.25) is 0 Å². The van der Waals surface area contributed by atoms with E-state index in [4.69, 9.17) is 4.98 Å². The third kappa shape index (κ3) is 3.05. The molecule has 1 aliphatic heterocycles. The molecule has 0 saturated carbocycles. The van der Waals surface area contributed by atoms with E-state index in [1.165, 1.54) is 0 Å². The van der Waals surface area contributed by atoms with Crippen molar-refractivity contribution in [3.63, 3.8) is 0 Å². The number of aryl methyl sites for hydroxylation is 1. The predicted octanol–water partition coefficient (Wildman–Crippen LogP) is 3.19. The average molecular weight is 347 g/mol. The Bertz CT molecular complexity index is 1050. The number of benzene rings is 1. The van der Waals surface area contributed by atoms with Gasteiger partial charge in [0, 0.05) is 25.6 Å². The fraction of sp³-hybridized carbons (Fsp3) is 0.333. The molecule has 0 bridgehead atoms. The predicted molar refractivity (Wildman–Crippen MR) is 100 cm³/mol. The molecule has 3 aromatic rings. The van der Waals surface area contributed by atoms with Crippen LogP contribution in [0.25, 0.3) is 10.9 Å². The Morgan fingerprint density at radius 2 is 2.08 bits per heavy atom. The van der Waals surface area contributed by atoms with Crippen LogP contribution in [0.3, 0.4) is 0 Å². The fourth-order valence-corrected chi connectivity index (χ4v) is 3.54. The summed E-state index contributed by atoms with van der Waals surface area (Å²) in [6, 6.07) is 10.8. The van der Waals surface area contributed by atoms with E-state index in [0.29, 0.717) is 23.1 Å². The van der Waals surface area contributed by atoms with Gasteiger partial charge in [-0.3, -0.25) is 19.1 Å². The second-order valence-electron chi connectivity index (χ2n) is 7.75. The molecule has 132 valence electrons. The largest absolute Gasteiger partial charge is 0.296 e. The van der Waals surface area contributed by atoms with E-state index in [0.717, 1.165) is 24.2 Å². The first-order chi connectivity index (χ1) is 12.4. The van der Waals surface area contributed by atoms with Gasteiger partial charge in [-0.1, -0.05) is 26.0 Å². The number of pyridine rings is 1. The normalized spacial score (nSPS) is 15.6. The summed E-state index contributed by atoms with van der Waals surface area (Å²) in [5.74, 6) is 0.802. The lowest BCUT2D eigenvalue weighted by Crippen LogP contribution is -2.36. The molecule has 5 heteroatoms. The van der Waals surface area contributed by atoms with Gasteiger partial charge in [-0.05, 0) is 41.7 Å². The highest BCUT2D eigenvalue weighted by molar-refractivity contribution is 5.96. The molecule has 26 heavy (non-hydrogen) atoms. The molecule has 1 aromatic carbocycles. The van der Waals surface area contributed by atoms with Gasteiger partial charge in [-0.15, -0.1) is 0 Å². The minimum atomic E-state index is -0.0404. The zero-order valence-corrected chi connectivity index (χ0v) is 15.0. The van der Waals surface area contributed by atoms with Crippen molar-refractivity contribution in [2.75, 3.05) is 0 Å². The maximum absolute atomic E-state index is 12.9. The molecule has 0 atom stereocenters. The van der Waals surface area contributed by atoms with E-state index in [9.17, 15) is 9.59 Å². The highest BCUT2D eigenvalue weighted by Gasteiger charge is 2.27. The van der Waals surface area contributed by atoms with Gasteiger partial charge in [0.15, 0.2) is 5.78 Å². The maximum atomic E-state index is 12.9. The number of aromatic nitrogens is 3. The quantitative estimate of drug-likeness (QED) is 0.683. The summed E-state index contributed by atoms with van der Waals surface area (Å²) in [6.45, 7) is 5.06. The first-order valence-corrected chi connectivity index (χ1v) is 8.90. The van der Waals surface area contributed by atoms with Crippen LogP contribution in [0.4, 0.5) is 0 Å². The number of fused-ring (bicyclic) bond motifs is 2. The summed E-state index contributed by atoms with van der Waals surface area (Å²) in [4.78, 5) is 34.1. The number of hydrogen-bond donors (Lipinski definition) is 0. The van der Waals surface area contributed by atoms with E-state index < -0.39 is 0 Å². The van der Waals surface area contributed by atoms with E-state index in [-0.39, 0.29) is 23.2 Å². The first-order valence-electron chi connectivity index (χ1n) is 8.90. The van der Waals surface area contributed by atoms with E-state index in [1.54, 1.807) is 30.5 Å². The molecular formula is C21H21N3O2. The molecule has 5 nitrogen and oxygen atoms in total. The van der Waals surface area contributed by atoms with Crippen LogP contribution in [-0.4, -0.2) is 20.3 Å². The molecule has 0 radical (unpaired) electrons. The molecule has 0 fully saturated rings. The third-order valence-electron chi connectivity index (χ3n) is 5.03. The number of Topliss-reactive ketones (excluding diaryl/α,β-unsaturated/α-hetero) is 1. The van der Waals surface area contributed by atoms with Crippen molar-refractivity contribution in [3.05, 3.63) is 70.0 Å². The molecule has 0 unspecified atom stereocenters. The van der Waals surface area contributed by atoms with Crippen LogP contribution in [-0.2, 0) is 19.4 Å². The Hall–Kier alpha value is -2.82. The van der Waals surface area contributed by atoms with Gasteiger partial charge in [0.1, 0.15) is 11.5 Å². The molecule has 0 saturated heterocycles.